The normalized spacial score (nSPS) is 13.4. The third-order valence-electron chi connectivity index (χ3n) is 6.96. The number of amides is 1. The van der Waals surface area contributed by atoms with E-state index in [1.165, 1.54) is 16.9 Å². The molecule has 1 amide bonds. The van der Waals surface area contributed by atoms with E-state index in [0.717, 1.165) is 62.9 Å². The first-order chi connectivity index (χ1) is 17.5. The van der Waals surface area contributed by atoms with Gasteiger partial charge in [0, 0.05) is 27.2 Å². The number of nitrogens with one attached hydrogen (secondary N) is 1. The Bertz CT molecular complexity index is 1730. The van der Waals surface area contributed by atoms with E-state index in [1.54, 1.807) is 23.6 Å². The zero-order valence-electron chi connectivity index (χ0n) is 20.1. The molecule has 1 aliphatic rings. The molecule has 178 valence electrons. The summed E-state index contributed by atoms with van der Waals surface area (Å²) in [6.07, 6.45) is 5.99. The molecule has 0 unspecified atom stereocenters. The number of carbonyl (C=O) groups is 1. The van der Waals surface area contributed by atoms with Crippen LogP contribution in [0.1, 0.15) is 56.4 Å². The first-order valence-electron chi connectivity index (χ1n) is 12.0. The Kier molecular flexibility index (Phi) is 5.46. The van der Waals surface area contributed by atoms with Gasteiger partial charge in [-0.2, -0.15) is 10.4 Å². The van der Waals surface area contributed by atoms with Crippen molar-refractivity contribution < 1.29 is 9.21 Å². The van der Waals surface area contributed by atoms with E-state index in [-0.39, 0.29) is 5.76 Å². The quantitative estimate of drug-likeness (QED) is 0.227. The topological polar surface area (TPSA) is 83.3 Å². The van der Waals surface area contributed by atoms with Crippen molar-refractivity contribution >= 4 is 45.2 Å². The molecule has 0 saturated heterocycles. The van der Waals surface area contributed by atoms with Crippen LogP contribution < -0.4 is 5.43 Å². The van der Waals surface area contributed by atoms with Gasteiger partial charge in [-0.3, -0.25) is 4.79 Å². The molecule has 6 nitrogen and oxygen atoms in total. The van der Waals surface area contributed by atoms with Crippen molar-refractivity contribution in [3.05, 3.63) is 87.2 Å². The second-order valence-corrected chi connectivity index (χ2v) is 10.3. The van der Waals surface area contributed by atoms with Crippen molar-refractivity contribution in [2.45, 2.75) is 39.5 Å². The Morgan fingerprint density at radius 1 is 1.14 bits per heavy atom. The number of thiophene rings is 1. The van der Waals surface area contributed by atoms with Crippen LogP contribution in [-0.4, -0.2) is 16.7 Å². The summed E-state index contributed by atoms with van der Waals surface area (Å²) >= 11 is 1.72. The van der Waals surface area contributed by atoms with Gasteiger partial charge in [0.2, 0.25) is 0 Å². The molecule has 0 bridgehead atoms. The standard InChI is InChI=1S/C29H24N4O2S/c1-17-13-20(18(2)33(17)29-24(15-30)22-9-5-6-10-27(22)36-29)16-31-32-28(34)26-14-23-21-8-4-3-7-19(21)11-12-25(23)35-26/h3-4,7-8,11-14,16H,5-6,9-10H2,1-2H3,(H,32,34)/b31-16+. The summed E-state index contributed by atoms with van der Waals surface area (Å²) in [4.78, 5) is 14.1. The molecule has 0 spiro atoms. The van der Waals surface area contributed by atoms with Crippen molar-refractivity contribution in [3.8, 4) is 11.1 Å². The first-order valence-corrected chi connectivity index (χ1v) is 12.9. The lowest BCUT2D eigenvalue weighted by atomic mass is 9.96. The van der Waals surface area contributed by atoms with Crippen molar-refractivity contribution in [1.29, 1.82) is 5.26 Å². The lowest BCUT2D eigenvalue weighted by Crippen LogP contribution is -2.16. The summed E-state index contributed by atoms with van der Waals surface area (Å²) in [5, 5.41) is 18.1. The van der Waals surface area contributed by atoms with E-state index >= 15 is 0 Å². The van der Waals surface area contributed by atoms with Crippen molar-refractivity contribution in [1.82, 2.24) is 9.99 Å². The predicted octanol–water partition coefficient (Wildman–Crippen LogP) is 6.57. The molecule has 1 aliphatic carbocycles. The minimum atomic E-state index is -0.405. The van der Waals surface area contributed by atoms with Crippen LogP contribution in [0.4, 0.5) is 0 Å². The summed E-state index contributed by atoms with van der Waals surface area (Å²) in [7, 11) is 0. The third-order valence-corrected chi connectivity index (χ3v) is 8.23. The molecule has 0 aliphatic heterocycles. The molecule has 3 heterocycles. The predicted molar refractivity (Wildman–Crippen MR) is 143 cm³/mol. The molecule has 1 N–H and O–H groups in total. The van der Waals surface area contributed by atoms with Crippen molar-refractivity contribution in [2.24, 2.45) is 5.10 Å². The van der Waals surface area contributed by atoms with Gasteiger partial charge in [0.15, 0.2) is 5.76 Å². The highest BCUT2D eigenvalue weighted by atomic mass is 32.1. The minimum Gasteiger partial charge on any atom is -0.451 e. The van der Waals surface area contributed by atoms with E-state index in [2.05, 4.69) is 21.2 Å². The Morgan fingerprint density at radius 2 is 1.97 bits per heavy atom. The summed E-state index contributed by atoms with van der Waals surface area (Å²) in [6, 6.07) is 18.1. The fourth-order valence-corrected chi connectivity index (χ4v) is 6.63. The maximum Gasteiger partial charge on any atom is 0.307 e. The summed E-state index contributed by atoms with van der Waals surface area (Å²) < 4.78 is 7.93. The average molecular weight is 493 g/mol. The summed E-state index contributed by atoms with van der Waals surface area (Å²) in [6.45, 7) is 4.04. The first kappa shape index (κ1) is 22.3. The van der Waals surface area contributed by atoms with Gasteiger partial charge in [-0.25, -0.2) is 5.43 Å². The number of carbonyl (C=O) groups excluding carboxylic acids is 1. The zero-order chi connectivity index (χ0) is 24.8. The Labute approximate surface area is 212 Å². The van der Waals surface area contributed by atoms with Crippen LogP contribution >= 0.6 is 11.3 Å². The molecule has 7 heteroatoms. The number of nitriles is 1. The summed E-state index contributed by atoms with van der Waals surface area (Å²) in [5.74, 6) is -0.190. The van der Waals surface area contributed by atoms with Crippen LogP contribution in [0.3, 0.4) is 0 Å². The maximum atomic E-state index is 12.8. The highest BCUT2D eigenvalue weighted by Crippen LogP contribution is 2.38. The van der Waals surface area contributed by atoms with Gasteiger partial charge in [0.1, 0.15) is 16.7 Å². The van der Waals surface area contributed by atoms with Gasteiger partial charge < -0.3 is 8.98 Å². The van der Waals surface area contributed by atoms with Crippen molar-refractivity contribution in [2.75, 3.05) is 0 Å². The highest BCUT2D eigenvalue weighted by Gasteiger charge is 2.23. The highest BCUT2D eigenvalue weighted by molar-refractivity contribution is 7.15. The van der Waals surface area contributed by atoms with Crippen LogP contribution in [0.15, 0.2) is 58.0 Å². The van der Waals surface area contributed by atoms with Gasteiger partial charge in [-0.15, -0.1) is 11.3 Å². The zero-order valence-corrected chi connectivity index (χ0v) is 20.9. The fraction of sp³-hybridized carbons (Fsp3) is 0.207. The van der Waals surface area contributed by atoms with E-state index < -0.39 is 5.91 Å². The minimum absolute atomic E-state index is 0.215. The van der Waals surface area contributed by atoms with Crippen LogP contribution in [0, 0.1) is 25.2 Å². The van der Waals surface area contributed by atoms with Crippen LogP contribution in [-0.2, 0) is 12.8 Å². The fourth-order valence-electron chi connectivity index (χ4n) is 5.18. The van der Waals surface area contributed by atoms with Gasteiger partial charge in [0.05, 0.1) is 11.8 Å². The number of nitrogens with zero attached hydrogens (tertiary/aromatic N) is 3. The molecule has 36 heavy (non-hydrogen) atoms. The monoisotopic (exact) mass is 492 g/mol. The van der Waals surface area contributed by atoms with Crippen LogP contribution in [0.25, 0.3) is 26.7 Å². The van der Waals surface area contributed by atoms with E-state index in [4.69, 9.17) is 4.42 Å². The molecule has 0 atom stereocenters. The smallest absolute Gasteiger partial charge is 0.307 e. The lowest BCUT2D eigenvalue weighted by Gasteiger charge is -2.10. The molecule has 6 rings (SSSR count). The Morgan fingerprint density at radius 3 is 2.83 bits per heavy atom. The number of fused-ring (bicyclic) bond motifs is 4. The number of hydrogen-bond acceptors (Lipinski definition) is 5. The van der Waals surface area contributed by atoms with Gasteiger partial charge in [-0.05, 0) is 74.1 Å². The molecule has 2 aromatic carbocycles. The van der Waals surface area contributed by atoms with Gasteiger partial charge >= 0.3 is 5.91 Å². The number of furan rings is 1. The Balaban J connectivity index is 1.26. The molecule has 5 aromatic rings. The lowest BCUT2D eigenvalue weighted by molar-refractivity contribution is 0.0929. The second-order valence-electron chi connectivity index (χ2n) is 9.17. The van der Waals surface area contributed by atoms with Crippen LogP contribution in [0.2, 0.25) is 0 Å². The molecular formula is C29H24N4O2S. The van der Waals surface area contributed by atoms with Crippen LogP contribution in [0.5, 0.6) is 0 Å². The van der Waals surface area contributed by atoms with E-state index in [1.807, 2.05) is 56.3 Å². The number of rotatable bonds is 4. The molecular weight excluding hydrogens is 468 g/mol. The molecule has 0 radical (unpaired) electrons. The number of aryl methyl sites for hydroxylation is 2. The van der Waals surface area contributed by atoms with Gasteiger partial charge in [0.25, 0.3) is 0 Å². The molecule has 0 saturated carbocycles. The van der Waals surface area contributed by atoms with E-state index in [9.17, 15) is 10.1 Å². The number of hydrazone groups is 1. The summed E-state index contributed by atoms with van der Waals surface area (Å²) in [5.41, 5.74) is 8.17. The number of benzene rings is 2. The third kappa shape index (κ3) is 3.62. The second kappa shape index (κ2) is 8.81. The van der Waals surface area contributed by atoms with E-state index in [0.29, 0.717) is 5.58 Å². The Hall–Kier alpha value is -4.15. The number of aromatic nitrogens is 1. The largest absolute Gasteiger partial charge is 0.451 e. The van der Waals surface area contributed by atoms with Crippen molar-refractivity contribution in [3.63, 3.8) is 0 Å². The number of hydrogen-bond donors (Lipinski definition) is 1. The average Bonchev–Trinajstić information content (AvgIpc) is 3.57. The van der Waals surface area contributed by atoms with Gasteiger partial charge in [-0.1, -0.05) is 30.3 Å². The molecule has 0 fully saturated rings. The maximum absolute atomic E-state index is 12.8. The SMILES string of the molecule is Cc1cc(/C=N/NC(=O)c2cc3c(ccc4ccccc43)o2)c(C)n1-c1sc2c(c1C#N)CCCC2. The molecule has 3 aromatic heterocycles.